The summed E-state index contributed by atoms with van der Waals surface area (Å²) in [6.07, 6.45) is 0. The van der Waals surface area contributed by atoms with Gasteiger partial charge in [0.1, 0.15) is 11.1 Å². The zero-order valence-electron chi connectivity index (χ0n) is 10.1. The third-order valence-corrected chi connectivity index (χ3v) is 4.17. The Morgan fingerprint density at radius 3 is 2.53 bits per heavy atom. The third kappa shape index (κ3) is 3.81. The number of hydrogen-bond acceptors (Lipinski definition) is 4. The summed E-state index contributed by atoms with van der Waals surface area (Å²) in [6, 6.07) is 1.78. The molecule has 8 heteroatoms. The predicted molar refractivity (Wildman–Crippen MR) is 70.2 cm³/mol. The number of rotatable bonds is 5. The molecule has 1 atom stereocenters. The third-order valence-electron chi connectivity index (χ3n) is 2.30. The predicted octanol–water partition coefficient (Wildman–Crippen LogP) is 3.59. The van der Waals surface area contributed by atoms with E-state index in [-0.39, 0.29) is 15.8 Å². The lowest BCUT2D eigenvalue weighted by Crippen LogP contribution is -2.22. The number of thioether (sulfide) groups is 1. The monoisotopic (exact) mass is 307 g/mol. The molecule has 0 amide bonds. The van der Waals surface area contributed by atoms with Crippen LogP contribution in [0.2, 0.25) is 5.02 Å². The van der Waals surface area contributed by atoms with E-state index in [2.05, 4.69) is 0 Å². The smallest absolute Gasteiger partial charge is 0.317 e. The van der Waals surface area contributed by atoms with Crippen LogP contribution in [0.1, 0.15) is 13.8 Å². The van der Waals surface area contributed by atoms with E-state index in [4.69, 9.17) is 16.7 Å². The lowest BCUT2D eigenvalue weighted by molar-refractivity contribution is -0.387. The van der Waals surface area contributed by atoms with E-state index >= 15 is 0 Å². The van der Waals surface area contributed by atoms with Gasteiger partial charge in [-0.3, -0.25) is 14.9 Å². The van der Waals surface area contributed by atoms with Crippen LogP contribution in [0, 0.1) is 21.8 Å². The minimum atomic E-state index is -1.09. The van der Waals surface area contributed by atoms with Crippen molar-refractivity contribution >= 4 is 35.0 Å². The normalized spacial score (nSPS) is 12.5. The Kier molecular flexibility index (Phi) is 5.13. The van der Waals surface area contributed by atoms with Crippen molar-refractivity contribution < 1.29 is 19.2 Å². The summed E-state index contributed by atoms with van der Waals surface area (Å²) in [5.74, 6) is -2.24. The van der Waals surface area contributed by atoms with Crippen LogP contribution < -0.4 is 0 Å². The summed E-state index contributed by atoms with van der Waals surface area (Å²) in [5.41, 5.74) is -0.487. The molecule has 0 fully saturated rings. The average Bonchev–Trinajstić information content (AvgIpc) is 2.28. The van der Waals surface area contributed by atoms with Crippen LogP contribution in [0.4, 0.5) is 10.1 Å². The van der Waals surface area contributed by atoms with Gasteiger partial charge in [-0.2, -0.15) is 0 Å². The highest BCUT2D eigenvalue weighted by molar-refractivity contribution is 8.00. The number of benzene rings is 1. The van der Waals surface area contributed by atoms with E-state index in [9.17, 15) is 19.3 Å². The summed E-state index contributed by atoms with van der Waals surface area (Å²) >= 11 is 6.37. The van der Waals surface area contributed by atoms with Crippen molar-refractivity contribution in [1.82, 2.24) is 0 Å². The summed E-state index contributed by atoms with van der Waals surface area (Å²) in [7, 11) is 0. The quantitative estimate of drug-likeness (QED) is 0.511. The molecule has 0 saturated heterocycles. The van der Waals surface area contributed by atoms with Crippen LogP contribution in [0.5, 0.6) is 0 Å². The summed E-state index contributed by atoms with van der Waals surface area (Å²) in [5, 5.41) is 18.8. The Morgan fingerprint density at radius 1 is 1.53 bits per heavy atom. The van der Waals surface area contributed by atoms with E-state index in [1.807, 2.05) is 0 Å². The Morgan fingerprint density at radius 2 is 2.11 bits per heavy atom. The van der Waals surface area contributed by atoms with Gasteiger partial charge in [0, 0.05) is 0 Å². The minimum Gasteiger partial charge on any atom is -0.480 e. The van der Waals surface area contributed by atoms with Crippen LogP contribution >= 0.6 is 23.4 Å². The number of carboxylic acid groups (broad SMARTS) is 1. The lowest BCUT2D eigenvalue weighted by Gasteiger charge is -2.15. The van der Waals surface area contributed by atoms with Crippen molar-refractivity contribution in [3.8, 4) is 0 Å². The second kappa shape index (κ2) is 6.21. The number of aliphatic carboxylic acids is 1. The van der Waals surface area contributed by atoms with Gasteiger partial charge < -0.3 is 5.11 Å². The average molecular weight is 308 g/mol. The molecular weight excluding hydrogens is 297 g/mol. The zero-order valence-corrected chi connectivity index (χ0v) is 11.7. The van der Waals surface area contributed by atoms with Gasteiger partial charge in [-0.1, -0.05) is 25.4 Å². The number of nitro benzene ring substituents is 1. The Labute approximate surface area is 117 Å². The van der Waals surface area contributed by atoms with Crippen molar-refractivity contribution in [2.75, 3.05) is 0 Å². The molecule has 1 aromatic carbocycles. The maximum Gasteiger partial charge on any atom is 0.317 e. The highest BCUT2D eigenvalue weighted by Crippen LogP contribution is 2.37. The number of nitrogens with zero attached hydrogens (tertiary/aromatic N) is 1. The van der Waals surface area contributed by atoms with Crippen LogP contribution in [-0.4, -0.2) is 21.2 Å². The Hall–Kier alpha value is -1.34. The van der Waals surface area contributed by atoms with Crippen LogP contribution in [0.3, 0.4) is 0 Å². The topological polar surface area (TPSA) is 80.4 Å². The molecule has 0 spiro atoms. The standard InChI is InChI=1S/C11H11ClFNO4S/c1-5(2)10(11(15)16)19-9-3-6(12)7(13)4-8(9)14(17)18/h3-5,10H,1-2H3,(H,15,16). The van der Waals surface area contributed by atoms with Gasteiger partial charge in [0.05, 0.1) is 20.9 Å². The number of carboxylic acids is 1. The van der Waals surface area contributed by atoms with E-state index in [0.29, 0.717) is 6.07 Å². The first-order chi connectivity index (χ1) is 8.73. The van der Waals surface area contributed by atoms with Gasteiger partial charge in [0.25, 0.3) is 5.69 Å². The molecule has 0 bridgehead atoms. The highest BCUT2D eigenvalue weighted by Gasteiger charge is 2.27. The maximum absolute atomic E-state index is 13.2. The number of hydrogen-bond donors (Lipinski definition) is 1. The highest BCUT2D eigenvalue weighted by atomic mass is 35.5. The largest absolute Gasteiger partial charge is 0.480 e. The molecule has 1 aromatic rings. The van der Waals surface area contributed by atoms with Crippen molar-refractivity contribution in [2.45, 2.75) is 24.0 Å². The molecule has 5 nitrogen and oxygen atoms in total. The lowest BCUT2D eigenvalue weighted by atomic mass is 10.1. The van der Waals surface area contributed by atoms with Gasteiger partial charge in [0.15, 0.2) is 0 Å². The molecular formula is C11H11ClFNO4S. The molecule has 0 saturated carbocycles. The second-order valence-electron chi connectivity index (χ2n) is 4.11. The molecule has 0 aromatic heterocycles. The fourth-order valence-electron chi connectivity index (χ4n) is 1.36. The molecule has 0 aliphatic rings. The van der Waals surface area contributed by atoms with Gasteiger partial charge >= 0.3 is 5.97 Å². The van der Waals surface area contributed by atoms with Gasteiger partial charge in [-0.25, -0.2) is 4.39 Å². The number of nitro groups is 1. The molecule has 0 aliphatic carbocycles. The summed E-state index contributed by atoms with van der Waals surface area (Å²) < 4.78 is 13.2. The molecule has 1 unspecified atom stereocenters. The van der Waals surface area contributed by atoms with Gasteiger partial charge in [0.2, 0.25) is 0 Å². The molecule has 104 valence electrons. The van der Waals surface area contributed by atoms with Crippen LogP contribution in [0.15, 0.2) is 17.0 Å². The first-order valence-corrected chi connectivity index (χ1v) is 6.52. The van der Waals surface area contributed by atoms with E-state index in [0.717, 1.165) is 17.8 Å². The van der Waals surface area contributed by atoms with Gasteiger partial charge in [-0.05, 0) is 12.0 Å². The Bertz CT molecular complexity index is 524. The molecule has 1 rings (SSSR count). The van der Waals surface area contributed by atoms with Crippen molar-refractivity contribution in [2.24, 2.45) is 5.92 Å². The first kappa shape index (κ1) is 15.7. The zero-order chi connectivity index (χ0) is 14.7. The molecule has 0 radical (unpaired) electrons. The minimum absolute atomic E-state index is 0.0394. The van der Waals surface area contributed by atoms with Crippen LogP contribution in [-0.2, 0) is 4.79 Å². The fraction of sp³-hybridized carbons (Fsp3) is 0.364. The molecule has 0 aliphatic heterocycles. The van der Waals surface area contributed by atoms with E-state index in [1.165, 1.54) is 0 Å². The van der Waals surface area contributed by atoms with Crippen molar-refractivity contribution in [3.05, 3.63) is 33.1 Å². The molecule has 19 heavy (non-hydrogen) atoms. The summed E-state index contributed by atoms with van der Waals surface area (Å²) in [6.45, 7) is 3.37. The van der Waals surface area contributed by atoms with Crippen molar-refractivity contribution in [3.63, 3.8) is 0 Å². The SMILES string of the molecule is CC(C)C(Sc1cc(Cl)c(F)cc1[N+](=O)[O-])C(=O)O. The summed E-state index contributed by atoms with van der Waals surface area (Å²) in [4.78, 5) is 21.2. The fourth-order valence-corrected chi connectivity index (χ4v) is 2.68. The molecule has 1 N–H and O–H groups in total. The maximum atomic E-state index is 13.2. The number of carbonyl (C=O) groups is 1. The van der Waals surface area contributed by atoms with Gasteiger partial charge in [-0.15, -0.1) is 11.8 Å². The Balaban J connectivity index is 3.22. The van der Waals surface area contributed by atoms with E-state index in [1.54, 1.807) is 13.8 Å². The van der Waals surface area contributed by atoms with Crippen LogP contribution in [0.25, 0.3) is 0 Å². The molecule has 0 heterocycles. The first-order valence-electron chi connectivity index (χ1n) is 5.27. The van der Waals surface area contributed by atoms with Crippen molar-refractivity contribution in [1.29, 1.82) is 0 Å². The number of halogens is 2. The second-order valence-corrected chi connectivity index (χ2v) is 5.70. The van der Waals surface area contributed by atoms with E-state index < -0.39 is 27.6 Å².